The molecule has 2 rings (SSSR count). The van der Waals surface area contributed by atoms with Crippen molar-refractivity contribution in [1.82, 2.24) is 0 Å². The quantitative estimate of drug-likeness (QED) is 0.646. The zero-order valence-corrected chi connectivity index (χ0v) is 13.3. The summed E-state index contributed by atoms with van der Waals surface area (Å²) in [7, 11) is 0. The number of carbonyl (C=O) groups excluding carboxylic acids is 2. The van der Waals surface area contributed by atoms with Gasteiger partial charge in [0.15, 0.2) is 10.9 Å². The third kappa shape index (κ3) is 5.19. The van der Waals surface area contributed by atoms with Gasteiger partial charge in [0.2, 0.25) is 0 Å². The maximum absolute atomic E-state index is 11.4. The van der Waals surface area contributed by atoms with E-state index < -0.39 is 5.97 Å². The summed E-state index contributed by atoms with van der Waals surface area (Å²) in [5.41, 5.74) is 2.70. The van der Waals surface area contributed by atoms with Gasteiger partial charge >= 0.3 is 0 Å². The molecule has 0 unspecified atom stereocenters. The van der Waals surface area contributed by atoms with E-state index in [-0.39, 0.29) is 12.2 Å². The highest BCUT2D eigenvalue weighted by atomic mass is 32.1. The first-order chi connectivity index (χ1) is 10.9. The largest absolute Gasteiger partial charge is 0.550 e. The number of carboxylic acid groups (broad SMARTS) is 1. The maximum Gasteiger partial charge on any atom is 0.175 e. The average Bonchev–Trinajstić information content (AvgIpc) is 2.49. The van der Waals surface area contributed by atoms with Crippen molar-refractivity contribution in [2.75, 3.05) is 10.6 Å². The number of hydrogen-bond donors (Lipinski definition) is 2. The lowest BCUT2D eigenvalue weighted by Crippen LogP contribution is -2.24. The van der Waals surface area contributed by atoms with Crippen LogP contribution in [0.2, 0.25) is 0 Å². The summed E-state index contributed by atoms with van der Waals surface area (Å²) >= 11 is 5.22. The molecule has 0 fully saturated rings. The Morgan fingerprint density at radius 2 is 1.70 bits per heavy atom. The average molecular weight is 327 g/mol. The second kappa shape index (κ2) is 7.51. The summed E-state index contributed by atoms with van der Waals surface area (Å²) in [6, 6.07) is 13.9. The van der Waals surface area contributed by atoms with Crippen molar-refractivity contribution in [2.45, 2.75) is 13.3 Å². The number of anilines is 2. The molecule has 0 spiro atoms. The van der Waals surface area contributed by atoms with Gasteiger partial charge in [-0.05, 0) is 49.0 Å². The van der Waals surface area contributed by atoms with E-state index in [9.17, 15) is 14.7 Å². The van der Waals surface area contributed by atoms with Gasteiger partial charge in [0.05, 0.1) is 0 Å². The maximum atomic E-state index is 11.4. The fourth-order valence-corrected chi connectivity index (χ4v) is 2.22. The normalized spacial score (nSPS) is 9.96. The number of carboxylic acids is 1. The van der Waals surface area contributed by atoms with Crippen LogP contribution in [-0.4, -0.2) is 16.9 Å². The summed E-state index contributed by atoms with van der Waals surface area (Å²) in [6.07, 6.45) is -0.124. The third-order valence-electron chi connectivity index (χ3n) is 3.09. The molecule has 0 amide bonds. The van der Waals surface area contributed by atoms with Crippen LogP contribution in [0.4, 0.5) is 11.4 Å². The Kier molecular flexibility index (Phi) is 5.43. The van der Waals surface area contributed by atoms with E-state index in [1.54, 1.807) is 42.5 Å². The van der Waals surface area contributed by atoms with Crippen molar-refractivity contribution in [2.24, 2.45) is 0 Å². The minimum absolute atomic E-state index is 0.0176. The Bertz CT molecular complexity index is 742. The van der Waals surface area contributed by atoms with Crippen molar-refractivity contribution >= 4 is 40.5 Å². The van der Waals surface area contributed by atoms with Gasteiger partial charge < -0.3 is 20.5 Å². The van der Waals surface area contributed by atoms with Gasteiger partial charge in [-0.3, -0.25) is 4.79 Å². The van der Waals surface area contributed by atoms with Crippen LogP contribution in [0.3, 0.4) is 0 Å². The summed E-state index contributed by atoms with van der Waals surface area (Å²) in [4.78, 5) is 21.9. The van der Waals surface area contributed by atoms with Crippen LogP contribution < -0.4 is 15.7 Å². The summed E-state index contributed by atoms with van der Waals surface area (Å²) < 4.78 is 0. The Morgan fingerprint density at radius 3 is 2.30 bits per heavy atom. The first-order valence-corrected chi connectivity index (χ1v) is 7.32. The molecule has 0 bridgehead atoms. The zero-order chi connectivity index (χ0) is 16.8. The van der Waals surface area contributed by atoms with Gasteiger partial charge in [-0.15, -0.1) is 0 Å². The number of Topliss-reactive ketones (excluding diaryl/α,β-unsaturated/α-hetero) is 1. The van der Waals surface area contributed by atoms with Crippen LogP contribution in [0.1, 0.15) is 22.8 Å². The molecule has 0 saturated heterocycles. The lowest BCUT2D eigenvalue weighted by Gasteiger charge is -2.12. The van der Waals surface area contributed by atoms with E-state index in [4.69, 9.17) is 12.2 Å². The predicted octanol–water partition coefficient (Wildman–Crippen LogP) is 1.99. The Balaban J connectivity index is 1.98. The van der Waals surface area contributed by atoms with E-state index in [2.05, 4.69) is 10.6 Å². The molecule has 2 aromatic rings. The summed E-state index contributed by atoms with van der Waals surface area (Å²) in [5.74, 6) is -1.13. The molecule has 0 atom stereocenters. The molecule has 0 aliphatic heterocycles. The van der Waals surface area contributed by atoms with Crippen LogP contribution in [0.15, 0.2) is 48.5 Å². The lowest BCUT2D eigenvalue weighted by molar-refractivity contribution is -0.304. The number of thiocarbonyl (C=S) groups is 1. The minimum Gasteiger partial charge on any atom is -0.550 e. The first-order valence-electron chi connectivity index (χ1n) is 6.92. The Morgan fingerprint density at radius 1 is 1.04 bits per heavy atom. The standard InChI is InChI=1S/C17H16N2O3S/c1-11(20)13-3-2-4-15(10-13)19-17(23)18-14-7-5-12(6-8-14)9-16(21)22/h2-8,10H,9H2,1H3,(H,21,22)(H2,18,19,23)/p-1. The highest BCUT2D eigenvalue weighted by Gasteiger charge is 2.03. The van der Waals surface area contributed by atoms with Crippen molar-refractivity contribution in [1.29, 1.82) is 0 Å². The van der Waals surface area contributed by atoms with Gasteiger partial charge in [-0.25, -0.2) is 0 Å². The topological polar surface area (TPSA) is 81.3 Å². The number of rotatable bonds is 5. The molecule has 118 valence electrons. The molecule has 0 aliphatic rings. The number of hydrogen-bond acceptors (Lipinski definition) is 4. The molecule has 0 aromatic heterocycles. The molecule has 5 nitrogen and oxygen atoms in total. The zero-order valence-electron chi connectivity index (χ0n) is 12.5. The molecule has 0 saturated carbocycles. The second-order valence-corrected chi connectivity index (χ2v) is 5.37. The van der Waals surface area contributed by atoms with Crippen LogP contribution in [0.25, 0.3) is 0 Å². The van der Waals surface area contributed by atoms with Gasteiger partial charge in [0.1, 0.15) is 0 Å². The second-order valence-electron chi connectivity index (χ2n) is 4.96. The lowest BCUT2D eigenvalue weighted by atomic mass is 10.1. The highest BCUT2D eigenvalue weighted by Crippen LogP contribution is 2.13. The number of aliphatic carboxylic acids is 1. The smallest absolute Gasteiger partial charge is 0.175 e. The first kappa shape index (κ1) is 16.6. The van der Waals surface area contributed by atoms with E-state index >= 15 is 0 Å². The fraction of sp³-hybridized carbons (Fsp3) is 0.118. The van der Waals surface area contributed by atoms with Gasteiger partial charge in [-0.1, -0.05) is 24.3 Å². The van der Waals surface area contributed by atoms with E-state index in [1.807, 2.05) is 6.07 Å². The molecule has 23 heavy (non-hydrogen) atoms. The van der Waals surface area contributed by atoms with Gasteiger partial charge in [-0.2, -0.15) is 0 Å². The number of ketones is 1. The minimum atomic E-state index is -1.12. The third-order valence-corrected chi connectivity index (χ3v) is 3.29. The molecule has 6 heteroatoms. The van der Waals surface area contributed by atoms with Crippen molar-refractivity contribution in [3.05, 3.63) is 59.7 Å². The van der Waals surface area contributed by atoms with E-state index in [1.165, 1.54) is 6.92 Å². The van der Waals surface area contributed by atoms with Crippen LogP contribution in [0.5, 0.6) is 0 Å². The number of carbonyl (C=O) groups is 2. The molecule has 2 N–H and O–H groups in total. The molecule has 0 aliphatic carbocycles. The monoisotopic (exact) mass is 327 g/mol. The predicted molar refractivity (Wildman–Crippen MR) is 91.4 cm³/mol. The van der Waals surface area contributed by atoms with Crippen LogP contribution in [0, 0.1) is 0 Å². The molecule has 2 aromatic carbocycles. The van der Waals surface area contributed by atoms with Gasteiger partial charge in [0, 0.05) is 29.3 Å². The Labute approximate surface area is 139 Å². The Hall–Kier alpha value is -2.73. The summed E-state index contributed by atoms with van der Waals surface area (Å²) in [6.45, 7) is 1.50. The van der Waals surface area contributed by atoms with Crippen LogP contribution >= 0.6 is 12.2 Å². The molecular formula is C17H15N2O3S-. The van der Waals surface area contributed by atoms with Gasteiger partial charge in [0.25, 0.3) is 0 Å². The van der Waals surface area contributed by atoms with Crippen molar-refractivity contribution in [3.63, 3.8) is 0 Å². The molecule has 0 heterocycles. The summed E-state index contributed by atoms with van der Waals surface area (Å²) in [5, 5.41) is 16.9. The SMILES string of the molecule is CC(=O)c1cccc(NC(=S)Nc2ccc(CC(=O)[O-])cc2)c1. The van der Waals surface area contributed by atoms with Crippen LogP contribution in [-0.2, 0) is 11.2 Å². The van der Waals surface area contributed by atoms with E-state index in [0.29, 0.717) is 21.9 Å². The highest BCUT2D eigenvalue weighted by molar-refractivity contribution is 7.80. The molecule has 0 radical (unpaired) electrons. The number of benzene rings is 2. The fourth-order valence-electron chi connectivity index (χ4n) is 1.98. The van der Waals surface area contributed by atoms with Crippen molar-refractivity contribution in [3.8, 4) is 0 Å². The van der Waals surface area contributed by atoms with Crippen molar-refractivity contribution < 1.29 is 14.7 Å². The molecular weight excluding hydrogens is 312 g/mol. The number of nitrogens with one attached hydrogen (secondary N) is 2. The van der Waals surface area contributed by atoms with E-state index in [0.717, 1.165) is 5.69 Å².